The third-order valence-corrected chi connectivity index (χ3v) is 4.95. The summed E-state index contributed by atoms with van der Waals surface area (Å²) in [5.74, 6) is -2.57. The van der Waals surface area contributed by atoms with Crippen molar-refractivity contribution in [1.29, 1.82) is 0 Å². The number of hydrogen-bond acceptors (Lipinski definition) is 5. The fraction of sp³-hybridized carbons (Fsp3) is 0.875. The standard InChI is InChI=1S/C16H30O7S/c1-3-5-7-8-10-13(9-6-4-2)12-23-16(19)14(11-15(17)18)24(20,21)22/h13-14H,3-12H2,1-2H3,(H,17,18)(H,20,21,22). The molecule has 0 aliphatic carbocycles. The third kappa shape index (κ3) is 10.6. The van der Waals surface area contributed by atoms with Crippen LogP contribution in [0.15, 0.2) is 0 Å². The number of rotatable bonds is 14. The van der Waals surface area contributed by atoms with Crippen molar-refractivity contribution in [3.8, 4) is 0 Å². The number of unbranched alkanes of at least 4 members (excludes halogenated alkanes) is 4. The molecule has 142 valence electrons. The summed E-state index contributed by atoms with van der Waals surface area (Å²) in [7, 11) is -4.80. The van der Waals surface area contributed by atoms with E-state index in [1.54, 1.807) is 0 Å². The summed E-state index contributed by atoms with van der Waals surface area (Å²) < 4.78 is 36.3. The minimum absolute atomic E-state index is 0.0522. The first-order valence-electron chi connectivity index (χ1n) is 8.57. The number of carbonyl (C=O) groups is 2. The predicted molar refractivity (Wildman–Crippen MR) is 90.3 cm³/mol. The number of hydrogen-bond donors (Lipinski definition) is 2. The molecule has 7 nitrogen and oxygen atoms in total. The highest BCUT2D eigenvalue weighted by Crippen LogP contribution is 2.19. The van der Waals surface area contributed by atoms with E-state index in [0.29, 0.717) is 0 Å². The van der Waals surface area contributed by atoms with E-state index in [4.69, 9.17) is 14.4 Å². The second kappa shape index (κ2) is 12.2. The van der Waals surface area contributed by atoms with Crippen LogP contribution in [0.25, 0.3) is 0 Å². The van der Waals surface area contributed by atoms with E-state index in [2.05, 4.69) is 13.8 Å². The van der Waals surface area contributed by atoms with E-state index in [-0.39, 0.29) is 12.5 Å². The Morgan fingerprint density at radius 2 is 1.58 bits per heavy atom. The van der Waals surface area contributed by atoms with Crippen molar-refractivity contribution >= 4 is 22.1 Å². The lowest BCUT2D eigenvalue weighted by molar-refractivity contribution is -0.148. The van der Waals surface area contributed by atoms with Crippen LogP contribution in [0.2, 0.25) is 0 Å². The highest BCUT2D eigenvalue weighted by Gasteiger charge is 2.35. The molecule has 0 aromatic heterocycles. The van der Waals surface area contributed by atoms with E-state index in [0.717, 1.165) is 51.4 Å². The molecular formula is C16H30O7S. The zero-order chi connectivity index (χ0) is 18.6. The summed E-state index contributed by atoms with van der Waals surface area (Å²) in [6.07, 6.45) is 7.10. The number of carboxylic acid groups (broad SMARTS) is 1. The zero-order valence-electron chi connectivity index (χ0n) is 14.6. The van der Waals surface area contributed by atoms with Gasteiger partial charge < -0.3 is 9.84 Å². The average molecular weight is 366 g/mol. The van der Waals surface area contributed by atoms with Crippen molar-refractivity contribution in [1.82, 2.24) is 0 Å². The maximum atomic E-state index is 11.9. The van der Waals surface area contributed by atoms with E-state index in [9.17, 15) is 18.0 Å². The summed E-state index contributed by atoms with van der Waals surface area (Å²) in [5.41, 5.74) is 0. The molecular weight excluding hydrogens is 336 g/mol. The molecule has 2 atom stereocenters. The van der Waals surface area contributed by atoms with E-state index in [1.807, 2.05) is 0 Å². The minimum atomic E-state index is -4.80. The second-order valence-electron chi connectivity index (χ2n) is 6.09. The first kappa shape index (κ1) is 22.9. The molecule has 0 rings (SSSR count). The minimum Gasteiger partial charge on any atom is -0.481 e. The first-order chi connectivity index (χ1) is 11.2. The third-order valence-electron chi connectivity index (χ3n) is 3.88. The lowest BCUT2D eigenvalue weighted by atomic mass is 9.96. The molecule has 8 heteroatoms. The molecule has 0 saturated carbocycles. The number of carboxylic acids is 1. The molecule has 0 aromatic carbocycles. The average Bonchev–Trinajstić information content (AvgIpc) is 2.49. The maximum absolute atomic E-state index is 11.9. The molecule has 24 heavy (non-hydrogen) atoms. The zero-order valence-corrected chi connectivity index (χ0v) is 15.4. The van der Waals surface area contributed by atoms with Gasteiger partial charge in [0.1, 0.15) is 0 Å². The lowest BCUT2D eigenvalue weighted by Gasteiger charge is -2.18. The Balaban J connectivity index is 4.60. The summed E-state index contributed by atoms with van der Waals surface area (Å²) in [6.45, 7) is 4.23. The van der Waals surface area contributed by atoms with Gasteiger partial charge in [0.15, 0.2) is 5.25 Å². The fourth-order valence-electron chi connectivity index (χ4n) is 2.43. The molecule has 2 N–H and O–H groups in total. The molecule has 0 spiro atoms. The van der Waals surface area contributed by atoms with Crippen LogP contribution in [0.4, 0.5) is 0 Å². The molecule has 0 heterocycles. The molecule has 0 radical (unpaired) electrons. The SMILES string of the molecule is CCCCCCC(CCCC)COC(=O)C(CC(=O)O)S(=O)(=O)O. The highest BCUT2D eigenvalue weighted by molar-refractivity contribution is 7.87. The van der Waals surface area contributed by atoms with E-state index >= 15 is 0 Å². The van der Waals surface area contributed by atoms with Crippen molar-refractivity contribution in [3.63, 3.8) is 0 Å². The Bertz CT molecular complexity index is 473. The normalized spacial score (nSPS) is 14.1. The smallest absolute Gasteiger partial charge is 0.327 e. The van der Waals surface area contributed by atoms with Gasteiger partial charge in [0.05, 0.1) is 13.0 Å². The Morgan fingerprint density at radius 1 is 1.00 bits per heavy atom. The van der Waals surface area contributed by atoms with Crippen LogP contribution < -0.4 is 0 Å². The van der Waals surface area contributed by atoms with Gasteiger partial charge in [0.25, 0.3) is 10.1 Å². The number of carbonyl (C=O) groups excluding carboxylic acids is 1. The first-order valence-corrected chi connectivity index (χ1v) is 10.1. The molecule has 2 unspecified atom stereocenters. The Hall–Kier alpha value is -1.15. The van der Waals surface area contributed by atoms with E-state index in [1.165, 1.54) is 0 Å². The van der Waals surface area contributed by atoms with Crippen LogP contribution in [0.3, 0.4) is 0 Å². The van der Waals surface area contributed by atoms with Gasteiger partial charge in [0.2, 0.25) is 0 Å². The fourth-order valence-corrected chi connectivity index (χ4v) is 3.09. The van der Waals surface area contributed by atoms with Crippen molar-refractivity contribution in [2.75, 3.05) is 6.61 Å². The van der Waals surface area contributed by atoms with Gasteiger partial charge >= 0.3 is 11.9 Å². The van der Waals surface area contributed by atoms with Crippen molar-refractivity contribution in [2.24, 2.45) is 5.92 Å². The van der Waals surface area contributed by atoms with Crippen LogP contribution in [0.5, 0.6) is 0 Å². The number of ether oxygens (including phenoxy) is 1. The van der Waals surface area contributed by atoms with Crippen molar-refractivity contribution < 1.29 is 32.4 Å². The molecule has 0 fully saturated rings. The summed E-state index contributed by atoms with van der Waals surface area (Å²) >= 11 is 0. The van der Waals surface area contributed by atoms with Crippen LogP contribution in [0.1, 0.15) is 71.6 Å². The molecule has 0 aliphatic rings. The van der Waals surface area contributed by atoms with Gasteiger partial charge in [-0.05, 0) is 18.8 Å². The molecule has 0 aromatic rings. The summed E-state index contributed by atoms with van der Waals surface area (Å²) in [6, 6.07) is 0. The topological polar surface area (TPSA) is 118 Å². The van der Waals surface area contributed by atoms with Gasteiger partial charge in [-0.15, -0.1) is 0 Å². The largest absolute Gasteiger partial charge is 0.481 e. The lowest BCUT2D eigenvalue weighted by Crippen LogP contribution is -2.34. The van der Waals surface area contributed by atoms with Crippen molar-refractivity contribution in [3.05, 3.63) is 0 Å². The number of aliphatic carboxylic acids is 1. The monoisotopic (exact) mass is 366 g/mol. The summed E-state index contributed by atoms with van der Waals surface area (Å²) in [4.78, 5) is 22.5. The van der Waals surface area contributed by atoms with Crippen LogP contribution in [0, 0.1) is 5.92 Å². The van der Waals surface area contributed by atoms with Gasteiger partial charge in [0, 0.05) is 0 Å². The molecule has 0 saturated heterocycles. The van der Waals surface area contributed by atoms with Crippen molar-refractivity contribution in [2.45, 2.75) is 76.9 Å². The summed E-state index contributed by atoms with van der Waals surface area (Å²) in [5, 5.41) is 6.61. The number of esters is 1. The van der Waals surface area contributed by atoms with Gasteiger partial charge in [-0.25, -0.2) is 0 Å². The van der Waals surface area contributed by atoms with Crippen LogP contribution in [-0.2, 0) is 24.4 Å². The van der Waals surface area contributed by atoms with Crippen LogP contribution >= 0.6 is 0 Å². The van der Waals surface area contributed by atoms with Gasteiger partial charge in [-0.3, -0.25) is 14.1 Å². The maximum Gasteiger partial charge on any atom is 0.327 e. The van der Waals surface area contributed by atoms with Crippen LogP contribution in [-0.4, -0.2) is 41.9 Å². The van der Waals surface area contributed by atoms with Gasteiger partial charge in [-0.1, -0.05) is 52.4 Å². The Labute approximate surface area is 144 Å². The molecule has 0 aliphatic heterocycles. The highest BCUT2D eigenvalue weighted by atomic mass is 32.2. The van der Waals surface area contributed by atoms with E-state index < -0.39 is 33.7 Å². The molecule has 0 amide bonds. The Morgan fingerprint density at radius 3 is 2.08 bits per heavy atom. The second-order valence-corrected chi connectivity index (χ2v) is 7.69. The molecule has 0 bridgehead atoms. The quantitative estimate of drug-likeness (QED) is 0.275. The Kier molecular flexibility index (Phi) is 11.7. The predicted octanol–water partition coefficient (Wildman–Crippen LogP) is 3.04. The van der Waals surface area contributed by atoms with Gasteiger partial charge in [-0.2, -0.15) is 8.42 Å².